The van der Waals surface area contributed by atoms with Gasteiger partial charge >= 0.3 is 29.1 Å². The average Bonchev–Trinajstić information content (AvgIpc) is 3.93. The topological polar surface area (TPSA) is 413 Å². The minimum Gasteiger partial charge on any atom is -0.480 e. The fourth-order valence-electron chi connectivity index (χ4n) is 9.53. The summed E-state index contributed by atoms with van der Waals surface area (Å²) in [6.07, 6.45) is -7.07. The van der Waals surface area contributed by atoms with Crippen LogP contribution in [0, 0.1) is 26.7 Å². The van der Waals surface area contributed by atoms with E-state index in [1.807, 2.05) is 0 Å². The van der Waals surface area contributed by atoms with Crippen LogP contribution in [-0.4, -0.2) is 136 Å². The van der Waals surface area contributed by atoms with Crippen molar-refractivity contribution in [3.8, 4) is 0 Å². The number of carbonyl (C=O) groups excluding carboxylic acids is 6. The molecule has 0 saturated carbocycles. The van der Waals surface area contributed by atoms with Crippen LogP contribution >= 0.6 is 0 Å². The van der Waals surface area contributed by atoms with Gasteiger partial charge in [0.15, 0.2) is 18.3 Å². The first-order valence-electron chi connectivity index (χ1n) is 26.2. The number of amides is 6. The molecule has 1 aromatic carbocycles. The summed E-state index contributed by atoms with van der Waals surface area (Å²) in [5.74, 6) is -6.73. The number of aliphatic carboxylic acids is 1. The second kappa shape index (κ2) is 24.9. The predicted molar refractivity (Wildman–Crippen MR) is 285 cm³/mol. The number of ether oxygens (including phenoxy) is 4. The first-order valence-corrected chi connectivity index (χ1v) is 26.2. The second-order valence-electron chi connectivity index (χ2n) is 21.7. The molecule has 0 spiro atoms. The van der Waals surface area contributed by atoms with Crippen molar-refractivity contribution in [3.05, 3.63) is 134 Å². The van der Waals surface area contributed by atoms with Gasteiger partial charge in [0.2, 0.25) is 11.8 Å². The van der Waals surface area contributed by atoms with Crippen molar-refractivity contribution in [1.29, 1.82) is 0 Å². The van der Waals surface area contributed by atoms with E-state index in [1.165, 1.54) is 46.3 Å². The summed E-state index contributed by atoms with van der Waals surface area (Å²) >= 11 is 0. The maximum atomic E-state index is 14.8. The molecule has 0 unspecified atom stereocenters. The summed E-state index contributed by atoms with van der Waals surface area (Å²) in [6.45, 7) is 13.5. The zero-order chi connectivity index (χ0) is 60.2. The van der Waals surface area contributed by atoms with Gasteiger partial charge in [-0.05, 0) is 59.9 Å². The van der Waals surface area contributed by atoms with Crippen LogP contribution in [-0.2, 0) is 54.1 Å². The van der Waals surface area contributed by atoms with Gasteiger partial charge in [0.25, 0.3) is 34.4 Å². The van der Waals surface area contributed by atoms with Gasteiger partial charge in [0, 0.05) is 61.0 Å². The number of alkyl carbamates (subject to hydrolysis) is 1. The summed E-state index contributed by atoms with van der Waals surface area (Å²) in [7, 11) is 0. The molecule has 7 rings (SSSR count). The van der Waals surface area contributed by atoms with Crippen molar-refractivity contribution in [3.63, 3.8) is 0 Å². The Balaban J connectivity index is 1.15. The number of rotatable bonds is 18. The van der Waals surface area contributed by atoms with Crippen molar-refractivity contribution in [1.82, 2.24) is 60.6 Å². The third-order valence-electron chi connectivity index (χ3n) is 13.8. The molecule has 3 aliphatic rings. The highest BCUT2D eigenvalue weighted by atomic mass is 16.6. The van der Waals surface area contributed by atoms with Crippen molar-refractivity contribution in [2.24, 2.45) is 5.92 Å². The lowest BCUT2D eigenvalue weighted by molar-refractivity contribution is -0.146. The van der Waals surface area contributed by atoms with Crippen LogP contribution in [0.5, 0.6) is 0 Å². The van der Waals surface area contributed by atoms with E-state index in [4.69, 9.17) is 18.9 Å². The van der Waals surface area contributed by atoms with Crippen LogP contribution in [0.3, 0.4) is 0 Å². The molecular weight excluding hydrogens is 1080 g/mol. The molecule has 3 aliphatic heterocycles. The molecule has 30 nitrogen and oxygen atoms in total. The van der Waals surface area contributed by atoms with E-state index < -0.39 is 160 Å². The van der Waals surface area contributed by atoms with E-state index in [9.17, 15) is 67.4 Å². The molecule has 82 heavy (non-hydrogen) atoms. The minimum absolute atomic E-state index is 0.0809. The van der Waals surface area contributed by atoms with Crippen molar-refractivity contribution in [2.45, 2.75) is 167 Å². The lowest BCUT2D eigenvalue weighted by Gasteiger charge is -2.27. The van der Waals surface area contributed by atoms with E-state index in [-0.39, 0.29) is 42.4 Å². The molecule has 3 saturated heterocycles. The Morgan fingerprint density at radius 3 is 1.39 bits per heavy atom. The largest absolute Gasteiger partial charge is 0.480 e. The van der Waals surface area contributed by atoms with Crippen LogP contribution in [0.4, 0.5) is 4.79 Å². The molecule has 0 bridgehead atoms. The number of hydrogen-bond acceptors (Lipinski definition) is 17. The van der Waals surface area contributed by atoms with Crippen LogP contribution in [0.1, 0.15) is 102 Å². The maximum Gasteiger partial charge on any atom is 0.407 e. The van der Waals surface area contributed by atoms with Gasteiger partial charge in [-0.1, -0.05) is 44.2 Å². The number of aryl methyl sites for hydroxylation is 3. The van der Waals surface area contributed by atoms with Crippen LogP contribution in [0.2, 0.25) is 0 Å². The molecule has 442 valence electrons. The van der Waals surface area contributed by atoms with E-state index in [0.717, 1.165) is 13.7 Å². The predicted octanol–water partition coefficient (Wildman–Crippen LogP) is -2.25. The lowest BCUT2D eigenvalue weighted by atomic mass is 10.0. The zero-order valence-corrected chi connectivity index (χ0v) is 46.2. The summed E-state index contributed by atoms with van der Waals surface area (Å²) in [4.78, 5) is 179. The molecule has 0 radical (unpaired) electrons. The van der Waals surface area contributed by atoms with E-state index >= 15 is 0 Å². The molecule has 12 atom stereocenters. The van der Waals surface area contributed by atoms with Crippen molar-refractivity contribution >= 4 is 41.6 Å². The van der Waals surface area contributed by atoms with Gasteiger partial charge in [0.1, 0.15) is 42.4 Å². The summed E-state index contributed by atoms with van der Waals surface area (Å²) in [6, 6.07) is 0.166. The fourth-order valence-corrected chi connectivity index (χ4v) is 9.53. The van der Waals surface area contributed by atoms with Crippen LogP contribution < -0.4 is 65.6 Å². The van der Waals surface area contributed by atoms with E-state index in [1.54, 1.807) is 65.0 Å². The van der Waals surface area contributed by atoms with Gasteiger partial charge in [-0.25, -0.2) is 24.0 Å². The third kappa shape index (κ3) is 14.4. The normalized spacial score (nSPS) is 23.5. The quantitative estimate of drug-likeness (QED) is 0.0503. The minimum atomic E-state index is -1.72. The van der Waals surface area contributed by atoms with Gasteiger partial charge in [0.05, 0.1) is 18.1 Å². The number of hydrogen-bond donors (Lipinski definition) is 10. The maximum absolute atomic E-state index is 14.8. The third-order valence-corrected chi connectivity index (χ3v) is 13.8. The Bertz CT molecular complexity index is 3490. The molecule has 6 amide bonds. The van der Waals surface area contributed by atoms with E-state index in [2.05, 4.69) is 46.9 Å². The lowest BCUT2D eigenvalue weighted by Crippen LogP contribution is -2.59. The summed E-state index contributed by atoms with van der Waals surface area (Å²) < 4.78 is 26.7. The van der Waals surface area contributed by atoms with Crippen LogP contribution in [0.15, 0.2) is 77.7 Å². The molecule has 3 fully saturated rings. The molecule has 3 aromatic heterocycles. The van der Waals surface area contributed by atoms with Gasteiger partial charge in [-0.15, -0.1) is 0 Å². The Labute approximate surface area is 465 Å². The average molecular weight is 1150 g/mol. The first kappa shape index (κ1) is 60.9. The Kier molecular flexibility index (Phi) is 18.5. The molecule has 4 aromatic rings. The Morgan fingerprint density at radius 2 is 0.988 bits per heavy atom. The summed E-state index contributed by atoms with van der Waals surface area (Å²) in [5, 5.41) is 25.5. The molecule has 6 heterocycles. The molecule has 0 aliphatic carbocycles. The second-order valence-corrected chi connectivity index (χ2v) is 21.7. The monoisotopic (exact) mass is 1150 g/mol. The van der Waals surface area contributed by atoms with Gasteiger partial charge in [-0.3, -0.25) is 67.0 Å². The number of carboxylic acids is 1. The number of aromatic nitrogens is 6. The highest BCUT2D eigenvalue weighted by molar-refractivity contribution is 5.93. The highest BCUT2D eigenvalue weighted by Crippen LogP contribution is 2.32. The molecule has 30 heteroatoms. The summed E-state index contributed by atoms with van der Waals surface area (Å²) in [5.41, 5.74) is -4.87. The number of nitrogens with zero attached hydrogens (tertiary/aromatic N) is 3. The molecule has 10 N–H and O–H groups in total. The smallest absolute Gasteiger partial charge is 0.407 e. The van der Waals surface area contributed by atoms with E-state index in [0.29, 0.717) is 5.56 Å². The Morgan fingerprint density at radius 1 is 0.598 bits per heavy atom. The number of carboxylic acid groups (broad SMARTS) is 1. The number of nitrogens with one attached hydrogen (secondary N) is 9. The van der Waals surface area contributed by atoms with Crippen molar-refractivity contribution < 1.29 is 57.6 Å². The van der Waals surface area contributed by atoms with Gasteiger partial charge < -0.3 is 56.0 Å². The SMILES string of the molecule is Cc1cn([C@H]2C[C@H](NC(=O)OC(C)(C)C)[C@@H](C(=O)N[C@@H](C)C(=O)N[C@H]3C[C@H](n4cc(C)c(=O)[nH]c4=O)O[C@@H]3C(=O)N[C@@H](Cc3ccccc3)C(=O)N[C@H]3C[C@H](n4cc(C)c(=O)[nH]c4=O)O[C@@H]3C(=O)N[C@H](C(=O)O)C(C)C)O2)c(=O)[nH]c1=O. The number of benzene rings is 1. The van der Waals surface area contributed by atoms with Crippen molar-refractivity contribution in [2.75, 3.05) is 0 Å². The highest BCUT2D eigenvalue weighted by Gasteiger charge is 2.48. The number of carbonyl (C=O) groups is 7. The number of H-pyrrole nitrogens is 3. The Hall–Kier alpha value is -8.77. The van der Waals surface area contributed by atoms with Gasteiger partial charge in [-0.2, -0.15) is 0 Å². The standard InChI is InChI=1S/C52H66N12O18/c1-22(2)35(47(73)74)58-46(72)37-29(17-33(80-37)63-20-24(4)40(66)60-49(63)76)55-43(69)31(15-27-13-11-10-12-14-27)56-45(71)36-28(16-32(79-36)62-19-23(3)39(65)59-48(62)75)54-42(68)26(6)53-44(70)38-30(57-51(78)82-52(7,8)9)18-34(81-38)64-21-25(5)41(67)61-50(64)77/h10-14,19-22,26,28-38H,15-18H2,1-9H3,(H,53,70)(H,54,68)(H,55,69)(H,56,71)(H,57,78)(H,58,72)(H,73,74)(H,59,65,75)(H,60,66,76)(H,61,67,77)/t26-,28-,29-,30-,31-,32+,33+,34+,35-,36-,37-,38-/m0/s1. The van der Waals surface area contributed by atoms with Crippen LogP contribution in [0.25, 0.3) is 0 Å². The fraction of sp³-hybridized carbons (Fsp3) is 0.519. The molecular formula is C52H66N12O18. The number of aromatic amines is 3. The zero-order valence-electron chi connectivity index (χ0n) is 46.2. The first-order chi connectivity index (χ1) is 38.5.